The lowest BCUT2D eigenvalue weighted by molar-refractivity contribution is -0.139. The number of carboxylic acids is 1. The number of hydrogen-bond donors (Lipinski definition) is 4. The van der Waals surface area contributed by atoms with Gasteiger partial charge in [-0.25, -0.2) is 9.59 Å². The molecule has 0 saturated carbocycles. The standard InChI is InChI=1S/C13H20N2O5/c1-7-6-10(9(3)20-7)8(2)14-13(19)15-11(4-5-16)12(17)18/h6,8,11,16H,4-5H2,1-3H3,(H,17,18)(H2,14,15,19)/t8?,11-/m1/s1. The van der Waals surface area contributed by atoms with Gasteiger partial charge in [-0.2, -0.15) is 0 Å². The van der Waals surface area contributed by atoms with E-state index in [-0.39, 0.29) is 19.1 Å². The third-order valence-electron chi connectivity index (χ3n) is 2.91. The van der Waals surface area contributed by atoms with Gasteiger partial charge in [0, 0.05) is 18.6 Å². The van der Waals surface area contributed by atoms with Crippen molar-refractivity contribution < 1.29 is 24.2 Å². The molecule has 1 rings (SSSR count). The van der Waals surface area contributed by atoms with Crippen molar-refractivity contribution in [3.05, 3.63) is 23.2 Å². The van der Waals surface area contributed by atoms with Crippen LogP contribution in [0.15, 0.2) is 10.5 Å². The summed E-state index contributed by atoms with van der Waals surface area (Å²) in [5.74, 6) is 0.271. The Morgan fingerprint density at radius 3 is 2.45 bits per heavy atom. The van der Waals surface area contributed by atoms with Crippen molar-refractivity contribution in [3.63, 3.8) is 0 Å². The largest absolute Gasteiger partial charge is 0.480 e. The average molecular weight is 284 g/mol. The number of aliphatic carboxylic acids is 1. The fourth-order valence-corrected chi connectivity index (χ4v) is 1.94. The molecule has 0 bridgehead atoms. The van der Waals surface area contributed by atoms with Crippen LogP contribution in [0.1, 0.15) is 36.5 Å². The summed E-state index contributed by atoms with van der Waals surface area (Å²) in [7, 11) is 0. The normalized spacial score (nSPS) is 13.6. The molecule has 0 fully saturated rings. The predicted molar refractivity (Wildman–Crippen MR) is 71.4 cm³/mol. The molecule has 0 radical (unpaired) electrons. The van der Waals surface area contributed by atoms with Gasteiger partial charge in [-0.05, 0) is 26.8 Å². The molecule has 7 nitrogen and oxygen atoms in total. The zero-order chi connectivity index (χ0) is 15.3. The highest BCUT2D eigenvalue weighted by Gasteiger charge is 2.21. The average Bonchev–Trinajstić information content (AvgIpc) is 2.67. The van der Waals surface area contributed by atoms with Gasteiger partial charge in [-0.15, -0.1) is 0 Å². The number of hydrogen-bond acceptors (Lipinski definition) is 4. The topological polar surface area (TPSA) is 112 Å². The van der Waals surface area contributed by atoms with Gasteiger partial charge in [0.25, 0.3) is 0 Å². The van der Waals surface area contributed by atoms with E-state index in [1.165, 1.54) is 0 Å². The van der Waals surface area contributed by atoms with Gasteiger partial charge < -0.3 is 25.3 Å². The maximum absolute atomic E-state index is 11.7. The van der Waals surface area contributed by atoms with E-state index in [1.807, 2.05) is 13.0 Å². The third-order valence-corrected chi connectivity index (χ3v) is 2.91. The summed E-state index contributed by atoms with van der Waals surface area (Å²) in [5.41, 5.74) is 0.840. The molecule has 0 aliphatic carbocycles. The van der Waals surface area contributed by atoms with Crippen molar-refractivity contribution in [3.8, 4) is 0 Å². The number of aliphatic hydroxyl groups excluding tert-OH is 1. The highest BCUT2D eigenvalue weighted by molar-refractivity contribution is 5.82. The van der Waals surface area contributed by atoms with E-state index in [4.69, 9.17) is 14.6 Å². The number of amides is 2. The Morgan fingerprint density at radius 2 is 2.00 bits per heavy atom. The molecule has 0 aliphatic rings. The van der Waals surface area contributed by atoms with Crippen molar-refractivity contribution in [1.29, 1.82) is 0 Å². The molecule has 2 atom stereocenters. The Balaban J connectivity index is 2.61. The Bertz CT molecular complexity index is 483. The van der Waals surface area contributed by atoms with Crippen LogP contribution in [-0.4, -0.2) is 34.9 Å². The quantitative estimate of drug-likeness (QED) is 0.625. The van der Waals surface area contributed by atoms with E-state index in [9.17, 15) is 9.59 Å². The molecule has 1 aromatic rings. The van der Waals surface area contributed by atoms with Gasteiger partial charge in [-0.1, -0.05) is 0 Å². The molecule has 20 heavy (non-hydrogen) atoms. The van der Waals surface area contributed by atoms with E-state index in [0.717, 1.165) is 11.3 Å². The van der Waals surface area contributed by atoms with Crippen LogP contribution in [0, 0.1) is 13.8 Å². The molecule has 7 heteroatoms. The Hall–Kier alpha value is -2.02. The first-order valence-electron chi connectivity index (χ1n) is 6.32. The minimum absolute atomic E-state index is 0.0407. The molecule has 1 heterocycles. The number of nitrogens with one attached hydrogen (secondary N) is 2. The first kappa shape index (κ1) is 16.0. The number of urea groups is 1. The fourth-order valence-electron chi connectivity index (χ4n) is 1.94. The lowest BCUT2D eigenvalue weighted by Crippen LogP contribution is -2.47. The molecule has 1 aromatic heterocycles. The molecule has 0 spiro atoms. The molecule has 112 valence electrons. The minimum Gasteiger partial charge on any atom is -0.480 e. The number of aryl methyl sites for hydroxylation is 2. The molecule has 2 amide bonds. The summed E-state index contributed by atoms with van der Waals surface area (Å²) in [5, 5.41) is 22.6. The monoisotopic (exact) mass is 284 g/mol. The maximum Gasteiger partial charge on any atom is 0.326 e. The second-order valence-electron chi connectivity index (χ2n) is 4.61. The highest BCUT2D eigenvalue weighted by Crippen LogP contribution is 2.20. The van der Waals surface area contributed by atoms with Crippen molar-refractivity contribution in [2.75, 3.05) is 6.61 Å². The van der Waals surface area contributed by atoms with Gasteiger partial charge in [0.15, 0.2) is 0 Å². The van der Waals surface area contributed by atoms with Gasteiger partial charge in [-0.3, -0.25) is 0 Å². The van der Waals surface area contributed by atoms with E-state index in [2.05, 4.69) is 10.6 Å². The summed E-state index contributed by atoms with van der Waals surface area (Å²) in [6, 6.07) is -0.199. The van der Waals surface area contributed by atoms with Gasteiger partial charge in [0.1, 0.15) is 17.6 Å². The Labute approximate surface area is 117 Å². The van der Waals surface area contributed by atoms with E-state index in [1.54, 1.807) is 13.8 Å². The summed E-state index contributed by atoms with van der Waals surface area (Å²) >= 11 is 0. The van der Waals surface area contributed by atoms with Crippen molar-refractivity contribution in [2.24, 2.45) is 0 Å². The molecule has 0 saturated heterocycles. The predicted octanol–water partition coefficient (Wildman–Crippen LogP) is 1.09. The van der Waals surface area contributed by atoms with E-state index < -0.39 is 18.0 Å². The molecule has 0 aliphatic heterocycles. The van der Waals surface area contributed by atoms with Gasteiger partial charge in [0.05, 0.1) is 6.04 Å². The second-order valence-corrected chi connectivity index (χ2v) is 4.61. The number of furan rings is 1. The molecular weight excluding hydrogens is 264 g/mol. The SMILES string of the molecule is Cc1cc(C(C)NC(=O)N[C@H](CCO)C(=O)O)c(C)o1. The smallest absolute Gasteiger partial charge is 0.326 e. The van der Waals surface area contributed by atoms with Gasteiger partial charge in [0.2, 0.25) is 0 Å². The fraction of sp³-hybridized carbons (Fsp3) is 0.538. The lowest BCUT2D eigenvalue weighted by atomic mass is 10.1. The minimum atomic E-state index is -1.18. The van der Waals surface area contributed by atoms with E-state index >= 15 is 0 Å². The van der Waals surface area contributed by atoms with E-state index in [0.29, 0.717) is 5.76 Å². The van der Waals surface area contributed by atoms with Crippen LogP contribution in [0.5, 0.6) is 0 Å². The number of carboxylic acid groups (broad SMARTS) is 1. The lowest BCUT2D eigenvalue weighted by Gasteiger charge is -2.17. The van der Waals surface area contributed by atoms with Crippen molar-refractivity contribution in [1.82, 2.24) is 10.6 Å². The number of carbonyl (C=O) groups is 2. The molecular formula is C13H20N2O5. The van der Waals surface area contributed by atoms with Crippen LogP contribution in [0.4, 0.5) is 4.79 Å². The van der Waals surface area contributed by atoms with Crippen LogP contribution in [0.25, 0.3) is 0 Å². The highest BCUT2D eigenvalue weighted by atomic mass is 16.4. The summed E-state index contributed by atoms with van der Waals surface area (Å²) in [6.45, 7) is 5.07. The summed E-state index contributed by atoms with van der Waals surface area (Å²) < 4.78 is 5.38. The van der Waals surface area contributed by atoms with Crippen LogP contribution < -0.4 is 10.6 Å². The maximum atomic E-state index is 11.7. The zero-order valence-electron chi connectivity index (χ0n) is 11.8. The van der Waals surface area contributed by atoms with Crippen LogP contribution in [0.3, 0.4) is 0 Å². The molecule has 1 unspecified atom stereocenters. The zero-order valence-corrected chi connectivity index (χ0v) is 11.8. The van der Waals surface area contributed by atoms with Crippen molar-refractivity contribution in [2.45, 2.75) is 39.3 Å². The summed E-state index contributed by atoms with van der Waals surface area (Å²) in [4.78, 5) is 22.6. The summed E-state index contributed by atoms with van der Waals surface area (Å²) in [6.07, 6.45) is -0.0407. The number of aliphatic hydroxyl groups is 1. The Morgan fingerprint density at radius 1 is 1.35 bits per heavy atom. The second kappa shape index (κ2) is 6.95. The first-order valence-corrected chi connectivity index (χ1v) is 6.32. The Kier molecular flexibility index (Phi) is 5.57. The van der Waals surface area contributed by atoms with Crippen LogP contribution in [0.2, 0.25) is 0 Å². The van der Waals surface area contributed by atoms with Crippen molar-refractivity contribution >= 4 is 12.0 Å². The first-order chi connectivity index (χ1) is 9.35. The number of carbonyl (C=O) groups excluding carboxylic acids is 1. The molecule has 4 N–H and O–H groups in total. The molecule has 0 aromatic carbocycles. The van der Waals surface area contributed by atoms with Crippen LogP contribution in [-0.2, 0) is 4.79 Å². The third kappa shape index (κ3) is 4.27. The van der Waals surface area contributed by atoms with Gasteiger partial charge >= 0.3 is 12.0 Å². The van der Waals surface area contributed by atoms with Crippen LogP contribution >= 0.6 is 0 Å². The number of rotatable bonds is 6.